The van der Waals surface area contributed by atoms with E-state index in [1.54, 1.807) is 0 Å². The van der Waals surface area contributed by atoms with Gasteiger partial charge in [0.1, 0.15) is 17.5 Å². The second kappa shape index (κ2) is 7.07. The molecule has 1 aromatic carbocycles. The van der Waals surface area contributed by atoms with Crippen LogP contribution in [0.25, 0.3) is 0 Å². The van der Waals surface area contributed by atoms with Crippen LogP contribution in [-0.2, 0) is 12.8 Å². The molecule has 2 aromatic rings. The third-order valence-corrected chi connectivity index (χ3v) is 3.50. The van der Waals surface area contributed by atoms with Crippen molar-refractivity contribution in [3.05, 3.63) is 41.2 Å². The Morgan fingerprint density at radius 1 is 1.10 bits per heavy atom. The lowest BCUT2D eigenvalue weighted by molar-refractivity contribution is 0.835. The van der Waals surface area contributed by atoms with Crippen molar-refractivity contribution < 1.29 is 0 Å². The molecular weight excluding hydrogens is 260 g/mol. The van der Waals surface area contributed by atoms with Gasteiger partial charge in [-0.1, -0.05) is 26.0 Å². The highest BCUT2D eigenvalue weighted by Gasteiger charge is 2.10. The first-order valence-electron chi connectivity index (χ1n) is 7.59. The van der Waals surface area contributed by atoms with E-state index < -0.39 is 0 Å². The Morgan fingerprint density at radius 2 is 1.86 bits per heavy atom. The molecule has 0 bridgehead atoms. The Morgan fingerprint density at radius 3 is 2.52 bits per heavy atom. The van der Waals surface area contributed by atoms with Gasteiger partial charge in [0.15, 0.2) is 0 Å². The quantitative estimate of drug-likeness (QED) is 0.839. The third-order valence-electron chi connectivity index (χ3n) is 3.50. The molecule has 0 aliphatic heterocycles. The molecule has 1 aromatic heterocycles. The van der Waals surface area contributed by atoms with Gasteiger partial charge in [-0.3, -0.25) is 0 Å². The standard InChI is InChI=1S/C17H24N4/c1-5-8-15-20-16(18-4)12(3)17(21-15)19-14-10-7-9-13(6-2)11-14/h7,9-11H,5-6,8H2,1-4H3,(H2,18,19,20,21). The molecule has 0 saturated heterocycles. The van der Waals surface area contributed by atoms with Crippen LogP contribution in [0.4, 0.5) is 17.3 Å². The van der Waals surface area contributed by atoms with E-state index in [4.69, 9.17) is 0 Å². The van der Waals surface area contributed by atoms with Crippen molar-refractivity contribution in [2.24, 2.45) is 0 Å². The molecule has 2 N–H and O–H groups in total. The summed E-state index contributed by atoms with van der Waals surface area (Å²) in [6, 6.07) is 8.45. The maximum Gasteiger partial charge on any atom is 0.139 e. The number of rotatable bonds is 6. The Balaban J connectivity index is 2.35. The molecule has 0 spiro atoms. The highest BCUT2D eigenvalue weighted by molar-refractivity contribution is 5.65. The van der Waals surface area contributed by atoms with Gasteiger partial charge in [0.05, 0.1) is 0 Å². The number of aromatic nitrogens is 2. The predicted octanol–water partition coefficient (Wildman–Crippen LogP) is 4.09. The summed E-state index contributed by atoms with van der Waals surface area (Å²) < 4.78 is 0. The van der Waals surface area contributed by atoms with Crippen molar-refractivity contribution in [2.75, 3.05) is 17.7 Å². The molecule has 112 valence electrons. The molecule has 1 heterocycles. The first kappa shape index (κ1) is 15.3. The highest BCUT2D eigenvalue weighted by Crippen LogP contribution is 2.24. The second-order valence-electron chi connectivity index (χ2n) is 5.14. The van der Waals surface area contributed by atoms with Crippen LogP contribution in [0, 0.1) is 6.92 Å². The summed E-state index contributed by atoms with van der Waals surface area (Å²) in [5, 5.41) is 6.58. The fraction of sp³-hybridized carbons (Fsp3) is 0.412. The summed E-state index contributed by atoms with van der Waals surface area (Å²) in [5.74, 6) is 2.65. The smallest absolute Gasteiger partial charge is 0.139 e. The molecule has 0 aliphatic carbocycles. The fourth-order valence-corrected chi connectivity index (χ4v) is 2.27. The van der Waals surface area contributed by atoms with Crippen molar-refractivity contribution in [3.63, 3.8) is 0 Å². The zero-order valence-corrected chi connectivity index (χ0v) is 13.3. The van der Waals surface area contributed by atoms with E-state index in [0.29, 0.717) is 0 Å². The predicted molar refractivity (Wildman–Crippen MR) is 89.4 cm³/mol. The molecule has 0 fully saturated rings. The van der Waals surface area contributed by atoms with E-state index in [1.807, 2.05) is 14.0 Å². The van der Waals surface area contributed by atoms with Crippen molar-refractivity contribution in [3.8, 4) is 0 Å². The zero-order chi connectivity index (χ0) is 15.2. The van der Waals surface area contributed by atoms with Crippen LogP contribution in [0.3, 0.4) is 0 Å². The van der Waals surface area contributed by atoms with E-state index >= 15 is 0 Å². The lowest BCUT2D eigenvalue weighted by Gasteiger charge is -2.14. The third kappa shape index (κ3) is 3.72. The summed E-state index contributed by atoms with van der Waals surface area (Å²) in [7, 11) is 1.90. The molecule has 4 nitrogen and oxygen atoms in total. The molecule has 0 unspecified atom stereocenters. The number of benzene rings is 1. The first-order chi connectivity index (χ1) is 10.2. The van der Waals surface area contributed by atoms with E-state index in [-0.39, 0.29) is 0 Å². The maximum atomic E-state index is 4.66. The van der Waals surface area contributed by atoms with Crippen LogP contribution in [0.5, 0.6) is 0 Å². The van der Waals surface area contributed by atoms with E-state index in [1.165, 1.54) is 5.56 Å². The minimum atomic E-state index is 0.876. The maximum absolute atomic E-state index is 4.66. The zero-order valence-electron chi connectivity index (χ0n) is 13.3. The molecule has 4 heteroatoms. The van der Waals surface area contributed by atoms with Crippen LogP contribution in [0.15, 0.2) is 24.3 Å². The molecule has 0 amide bonds. The lowest BCUT2D eigenvalue weighted by atomic mass is 10.1. The van der Waals surface area contributed by atoms with E-state index in [2.05, 4.69) is 58.7 Å². The van der Waals surface area contributed by atoms with Gasteiger partial charge in [-0.25, -0.2) is 9.97 Å². The van der Waals surface area contributed by atoms with Gasteiger partial charge >= 0.3 is 0 Å². The number of nitrogens with one attached hydrogen (secondary N) is 2. The molecule has 21 heavy (non-hydrogen) atoms. The van der Waals surface area contributed by atoms with Crippen molar-refractivity contribution in [1.82, 2.24) is 9.97 Å². The Kier molecular flexibility index (Phi) is 5.14. The molecular formula is C17H24N4. The molecule has 0 atom stereocenters. The van der Waals surface area contributed by atoms with Crippen molar-refractivity contribution in [1.29, 1.82) is 0 Å². The number of nitrogens with zero attached hydrogens (tertiary/aromatic N) is 2. The number of anilines is 3. The summed E-state index contributed by atoms with van der Waals surface area (Å²) in [6.45, 7) is 6.33. The summed E-state index contributed by atoms with van der Waals surface area (Å²) in [4.78, 5) is 9.21. The highest BCUT2D eigenvalue weighted by atomic mass is 15.1. The van der Waals surface area contributed by atoms with E-state index in [0.717, 1.165) is 48.0 Å². The van der Waals surface area contributed by atoms with Gasteiger partial charge < -0.3 is 10.6 Å². The number of hydrogen-bond acceptors (Lipinski definition) is 4. The number of aryl methyl sites for hydroxylation is 2. The van der Waals surface area contributed by atoms with Gasteiger partial charge in [-0.15, -0.1) is 0 Å². The number of hydrogen-bond donors (Lipinski definition) is 2. The fourth-order valence-electron chi connectivity index (χ4n) is 2.27. The molecule has 0 aliphatic rings. The van der Waals surface area contributed by atoms with Gasteiger partial charge in [-0.2, -0.15) is 0 Å². The minimum Gasteiger partial charge on any atom is -0.373 e. The Hall–Kier alpha value is -2.10. The van der Waals surface area contributed by atoms with E-state index in [9.17, 15) is 0 Å². The normalized spacial score (nSPS) is 10.5. The van der Waals surface area contributed by atoms with Crippen LogP contribution in [0.2, 0.25) is 0 Å². The SMILES string of the molecule is CCCc1nc(NC)c(C)c(Nc2cccc(CC)c2)n1. The van der Waals surface area contributed by atoms with Crippen LogP contribution >= 0.6 is 0 Å². The van der Waals surface area contributed by atoms with Crippen molar-refractivity contribution >= 4 is 17.3 Å². The topological polar surface area (TPSA) is 49.8 Å². The monoisotopic (exact) mass is 284 g/mol. The Labute approximate surface area is 127 Å². The molecule has 2 rings (SSSR count). The van der Waals surface area contributed by atoms with Gasteiger partial charge in [0.25, 0.3) is 0 Å². The van der Waals surface area contributed by atoms with Gasteiger partial charge in [0, 0.05) is 24.7 Å². The largest absolute Gasteiger partial charge is 0.373 e. The van der Waals surface area contributed by atoms with Crippen LogP contribution in [0.1, 0.15) is 37.2 Å². The lowest BCUT2D eigenvalue weighted by Crippen LogP contribution is -2.07. The van der Waals surface area contributed by atoms with Crippen molar-refractivity contribution in [2.45, 2.75) is 40.0 Å². The average Bonchev–Trinajstić information content (AvgIpc) is 2.50. The Bertz CT molecular complexity index is 608. The molecule has 0 radical (unpaired) electrons. The minimum absolute atomic E-state index is 0.876. The average molecular weight is 284 g/mol. The van der Waals surface area contributed by atoms with Gasteiger partial charge in [-0.05, 0) is 37.5 Å². The first-order valence-corrected chi connectivity index (χ1v) is 7.59. The summed E-state index contributed by atoms with van der Waals surface area (Å²) in [6.07, 6.45) is 2.96. The molecule has 0 saturated carbocycles. The summed E-state index contributed by atoms with van der Waals surface area (Å²) >= 11 is 0. The van der Waals surface area contributed by atoms with Gasteiger partial charge in [0.2, 0.25) is 0 Å². The van der Waals surface area contributed by atoms with Crippen LogP contribution < -0.4 is 10.6 Å². The second-order valence-corrected chi connectivity index (χ2v) is 5.14. The summed E-state index contributed by atoms with van der Waals surface area (Å²) in [5.41, 5.74) is 3.43. The van der Waals surface area contributed by atoms with Crippen LogP contribution in [-0.4, -0.2) is 17.0 Å².